The van der Waals surface area contributed by atoms with Gasteiger partial charge in [0.1, 0.15) is 18.3 Å². The van der Waals surface area contributed by atoms with Crippen molar-refractivity contribution in [2.24, 2.45) is 5.92 Å². The molecule has 10 heteroatoms. The van der Waals surface area contributed by atoms with Crippen LogP contribution in [-0.2, 0) is 32.6 Å². The van der Waals surface area contributed by atoms with E-state index in [1.54, 1.807) is 54.6 Å². The second kappa shape index (κ2) is 16.5. The molecular weight excluding hydrogens is 634 g/mol. The minimum Gasteiger partial charge on any atom is -0.494 e. The molecule has 0 aliphatic rings. The summed E-state index contributed by atoms with van der Waals surface area (Å²) in [5, 5.41) is 3.42. The molecule has 0 saturated heterocycles. The van der Waals surface area contributed by atoms with Gasteiger partial charge < -0.3 is 15.0 Å². The van der Waals surface area contributed by atoms with Gasteiger partial charge in [0.05, 0.1) is 17.2 Å². The summed E-state index contributed by atoms with van der Waals surface area (Å²) in [5.74, 6) is -0.147. The number of hydrogen-bond donors (Lipinski definition) is 1. The van der Waals surface area contributed by atoms with Crippen molar-refractivity contribution in [3.8, 4) is 5.75 Å². The molecule has 0 spiro atoms. The first-order chi connectivity index (χ1) is 22.5. The molecule has 0 unspecified atom stereocenters. The predicted octanol–water partition coefficient (Wildman–Crippen LogP) is 6.65. The van der Waals surface area contributed by atoms with Crippen molar-refractivity contribution in [3.63, 3.8) is 0 Å². The van der Waals surface area contributed by atoms with Gasteiger partial charge in [-0.15, -0.1) is 0 Å². The first-order valence-electron chi connectivity index (χ1n) is 15.7. The molecule has 0 bridgehead atoms. The molecule has 0 aliphatic heterocycles. The lowest BCUT2D eigenvalue weighted by Gasteiger charge is -2.34. The first kappa shape index (κ1) is 35.5. The summed E-state index contributed by atoms with van der Waals surface area (Å²) in [5.41, 5.74) is 2.66. The van der Waals surface area contributed by atoms with Gasteiger partial charge in [-0.1, -0.05) is 91.7 Å². The Hall–Kier alpha value is -4.34. The van der Waals surface area contributed by atoms with E-state index in [2.05, 4.69) is 5.32 Å². The summed E-state index contributed by atoms with van der Waals surface area (Å²) in [6.45, 7) is 8.00. The van der Waals surface area contributed by atoms with Gasteiger partial charge in [-0.2, -0.15) is 0 Å². The smallest absolute Gasteiger partial charge is 0.264 e. The normalized spacial score (nSPS) is 12.0. The number of rotatable bonds is 15. The van der Waals surface area contributed by atoms with Gasteiger partial charge in [-0.25, -0.2) is 8.42 Å². The maximum absolute atomic E-state index is 14.6. The Morgan fingerprint density at radius 3 is 2.13 bits per heavy atom. The monoisotopic (exact) mass is 675 g/mol. The Morgan fingerprint density at radius 2 is 1.51 bits per heavy atom. The van der Waals surface area contributed by atoms with Crippen molar-refractivity contribution in [3.05, 3.63) is 125 Å². The summed E-state index contributed by atoms with van der Waals surface area (Å²) < 4.78 is 35.1. The third-order valence-corrected chi connectivity index (χ3v) is 9.73. The Morgan fingerprint density at radius 1 is 0.872 bits per heavy atom. The highest BCUT2D eigenvalue weighted by atomic mass is 35.5. The molecule has 4 aromatic rings. The fraction of sp³-hybridized carbons (Fsp3) is 0.297. The highest BCUT2D eigenvalue weighted by molar-refractivity contribution is 7.92. The number of benzene rings is 4. The lowest BCUT2D eigenvalue weighted by molar-refractivity contribution is -0.140. The van der Waals surface area contributed by atoms with Crippen LogP contribution in [-0.4, -0.2) is 50.9 Å². The Balaban J connectivity index is 1.80. The fourth-order valence-electron chi connectivity index (χ4n) is 5.03. The Labute approximate surface area is 283 Å². The molecule has 4 aromatic carbocycles. The standard InChI is InChI=1S/C37H42ClN3O5S/c1-5-46-32-19-17-31(18-20-32)41(47(44,45)33-21-15-28(4)16-22-33)26-36(42)40(25-30-13-9-10-14-34(30)38)35(37(43)39-24-27(2)3)23-29-11-7-6-8-12-29/h6-22,27,35H,5,23-26H2,1-4H3,(H,39,43)/t35-/m1/s1. The number of halogens is 1. The SMILES string of the molecule is CCOc1ccc(N(CC(=O)N(Cc2ccccc2Cl)[C@H](Cc2ccccc2)C(=O)NCC(C)C)S(=O)(=O)c2ccc(C)cc2)cc1. The molecule has 1 N–H and O–H groups in total. The average Bonchev–Trinajstić information content (AvgIpc) is 3.06. The quantitative estimate of drug-likeness (QED) is 0.152. The van der Waals surface area contributed by atoms with Crippen LogP contribution in [0.1, 0.15) is 37.5 Å². The van der Waals surface area contributed by atoms with Crippen molar-refractivity contribution >= 4 is 39.1 Å². The number of carbonyl (C=O) groups excluding carboxylic acids is 2. The lowest BCUT2D eigenvalue weighted by Crippen LogP contribution is -2.53. The van der Waals surface area contributed by atoms with Gasteiger partial charge in [0.15, 0.2) is 0 Å². The van der Waals surface area contributed by atoms with E-state index in [9.17, 15) is 18.0 Å². The number of sulfonamides is 1. The summed E-state index contributed by atoms with van der Waals surface area (Å²) >= 11 is 6.57. The van der Waals surface area contributed by atoms with E-state index in [1.807, 2.05) is 64.1 Å². The number of nitrogens with one attached hydrogen (secondary N) is 1. The summed E-state index contributed by atoms with van der Waals surface area (Å²) in [7, 11) is -4.21. The van der Waals surface area contributed by atoms with Crippen molar-refractivity contribution in [2.45, 2.75) is 51.6 Å². The van der Waals surface area contributed by atoms with E-state index in [4.69, 9.17) is 16.3 Å². The Bertz CT molecular complexity index is 1730. The predicted molar refractivity (Wildman–Crippen MR) is 187 cm³/mol. The van der Waals surface area contributed by atoms with Crippen molar-refractivity contribution in [2.75, 3.05) is 24.0 Å². The Kier molecular flexibility index (Phi) is 12.4. The van der Waals surface area contributed by atoms with Crippen molar-refractivity contribution in [1.29, 1.82) is 0 Å². The number of hydrogen-bond acceptors (Lipinski definition) is 5. The third kappa shape index (κ3) is 9.59. The molecular formula is C37H42ClN3O5S. The minimum absolute atomic E-state index is 0.00714. The second-order valence-electron chi connectivity index (χ2n) is 11.7. The maximum Gasteiger partial charge on any atom is 0.264 e. The van der Waals surface area contributed by atoms with E-state index in [-0.39, 0.29) is 35.4 Å². The number of ether oxygens (including phenoxy) is 1. The zero-order valence-electron chi connectivity index (χ0n) is 27.2. The van der Waals surface area contributed by atoms with Gasteiger partial charge in [0.25, 0.3) is 10.0 Å². The van der Waals surface area contributed by atoms with Gasteiger partial charge in [-0.05, 0) is 73.4 Å². The van der Waals surface area contributed by atoms with Crippen LogP contribution >= 0.6 is 11.6 Å². The van der Waals surface area contributed by atoms with Gasteiger partial charge in [-0.3, -0.25) is 13.9 Å². The van der Waals surface area contributed by atoms with Crippen LogP contribution in [0.2, 0.25) is 5.02 Å². The van der Waals surface area contributed by atoms with E-state index in [1.165, 1.54) is 17.0 Å². The van der Waals surface area contributed by atoms with Crippen LogP contribution in [0.25, 0.3) is 0 Å². The number of anilines is 1. The van der Waals surface area contributed by atoms with Gasteiger partial charge >= 0.3 is 0 Å². The molecule has 8 nitrogen and oxygen atoms in total. The zero-order chi connectivity index (χ0) is 34.0. The first-order valence-corrected chi connectivity index (χ1v) is 17.5. The highest BCUT2D eigenvalue weighted by Crippen LogP contribution is 2.28. The van der Waals surface area contributed by atoms with Crippen LogP contribution < -0.4 is 14.4 Å². The summed E-state index contributed by atoms with van der Waals surface area (Å²) in [6, 6.07) is 28.6. The third-order valence-electron chi connectivity index (χ3n) is 7.58. The number of carbonyl (C=O) groups is 2. The topological polar surface area (TPSA) is 96.0 Å². The van der Waals surface area contributed by atoms with Gasteiger partial charge in [0.2, 0.25) is 11.8 Å². The van der Waals surface area contributed by atoms with Gasteiger partial charge in [0, 0.05) is 24.5 Å². The summed E-state index contributed by atoms with van der Waals surface area (Å²) in [6.07, 6.45) is 0.217. The van der Waals surface area contributed by atoms with E-state index >= 15 is 0 Å². The summed E-state index contributed by atoms with van der Waals surface area (Å²) in [4.78, 5) is 30.0. The molecule has 0 aromatic heterocycles. The van der Waals surface area contributed by atoms with Crippen LogP contribution in [0.5, 0.6) is 5.75 Å². The molecule has 0 heterocycles. The molecule has 1 atom stereocenters. The molecule has 0 fully saturated rings. The number of aryl methyl sites for hydroxylation is 1. The fourth-order valence-corrected chi connectivity index (χ4v) is 6.64. The largest absolute Gasteiger partial charge is 0.494 e. The highest BCUT2D eigenvalue weighted by Gasteiger charge is 2.35. The van der Waals surface area contributed by atoms with Crippen LogP contribution in [0.15, 0.2) is 108 Å². The molecule has 0 aliphatic carbocycles. The van der Waals surface area contributed by atoms with Crippen LogP contribution in [0.4, 0.5) is 5.69 Å². The molecule has 2 amide bonds. The van der Waals surface area contributed by atoms with Crippen LogP contribution in [0, 0.1) is 12.8 Å². The number of amides is 2. The number of nitrogens with zero attached hydrogens (tertiary/aromatic N) is 2. The second-order valence-corrected chi connectivity index (χ2v) is 14.0. The molecule has 4 rings (SSSR count). The average molecular weight is 676 g/mol. The van der Waals surface area contributed by atoms with E-state index in [0.717, 1.165) is 15.4 Å². The van der Waals surface area contributed by atoms with Crippen molar-refractivity contribution in [1.82, 2.24) is 10.2 Å². The minimum atomic E-state index is -4.21. The van der Waals surface area contributed by atoms with Crippen LogP contribution in [0.3, 0.4) is 0 Å². The maximum atomic E-state index is 14.6. The van der Waals surface area contributed by atoms with E-state index < -0.39 is 28.5 Å². The van der Waals surface area contributed by atoms with Crippen molar-refractivity contribution < 1.29 is 22.7 Å². The van der Waals surface area contributed by atoms with E-state index in [0.29, 0.717) is 29.5 Å². The molecule has 47 heavy (non-hydrogen) atoms. The molecule has 248 valence electrons. The molecule has 0 saturated carbocycles. The lowest BCUT2D eigenvalue weighted by atomic mass is 10.0. The molecule has 0 radical (unpaired) electrons. The zero-order valence-corrected chi connectivity index (χ0v) is 28.8.